The number of hydrogen-bond acceptors (Lipinski definition) is 3. The van der Waals surface area contributed by atoms with Crippen LogP contribution < -0.4 is 4.74 Å². The molecule has 1 amide bonds. The summed E-state index contributed by atoms with van der Waals surface area (Å²) in [6, 6.07) is 5.16. The van der Waals surface area contributed by atoms with Crippen LogP contribution >= 0.6 is 11.6 Å². The quantitative estimate of drug-likeness (QED) is 0.799. The Bertz CT molecular complexity index is 545. The first-order valence-electron chi connectivity index (χ1n) is 7.62. The minimum Gasteiger partial charge on any atom is -0.496 e. The second-order valence-corrected chi connectivity index (χ2v) is 5.80. The Morgan fingerprint density at radius 2 is 2.14 bits per heavy atom. The van der Waals surface area contributed by atoms with Crippen molar-refractivity contribution in [1.29, 1.82) is 0 Å². The Morgan fingerprint density at radius 3 is 2.86 bits per heavy atom. The SMILES string of the molecule is CC=CCN1CCCN(C(=O)c2ccc(Cl)cc2OC)CC1. The van der Waals surface area contributed by atoms with Crippen LogP contribution in [0.5, 0.6) is 5.75 Å². The second-order valence-electron chi connectivity index (χ2n) is 5.36. The Kier molecular flexibility index (Phi) is 6.28. The van der Waals surface area contributed by atoms with Crippen molar-refractivity contribution in [1.82, 2.24) is 9.80 Å². The van der Waals surface area contributed by atoms with Gasteiger partial charge in [0.1, 0.15) is 5.75 Å². The van der Waals surface area contributed by atoms with Gasteiger partial charge in [0.2, 0.25) is 0 Å². The van der Waals surface area contributed by atoms with Crippen LogP contribution in [0.25, 0.3) is 0 Å². The number of rotatable bonds is 4. The van der Waals surface area contributed by atoms with Gasteiger partial charge in [0, 0.05) is 37.7 Å². The Labute approximate surface area is 137 Å². The van der Waals surface area contributed by atoms with Gasteiger partial charge in [-0.15, -0.1) is 0 Å². The molecule has 0 aromatic heterocycles. The highest BCUT2D eigenvalue weighted by molar-refractivity contribution is 6.30. The summed E-state index contributed by atoms with van der Waals surface area (Å²) >= 11 is 5.96. The van der Waals surface area contributed by atoms with E-state index in [0.29, 0.717) is 16.3 Å². The summed E-state index contributed by atoms with van der Waals surface area (Å²) in [5.74, 6) is 0.550. The molecule has 1 aliphatic rings. The predicted molar refractivity (Wildman–Crippen MR) is 89.8 cm³/mol. The van der Waals surface area contributed by atoms with Crippen molar-refractivity contribution in [2.75, 3.05) is 39.8 Å². The maximum absolute atomic E-state index is 12.7. The standard InChI is InChI=1S/C17H23ClN2O2/c1-3-4-8-19-9-5-10-20(12-11-19)17(21)15-7-6-14(18)13-16(15)22-2/h3-4,6-7,13H,5,8-12H2,1-2H3. The van der Waals surface area contributed by atoms with Crippen LogP contribution in [0.4, 0.5) is 0 Å². The molecular weight excluding hydrogens is 300 g/mol. The first-order valence-corrected chi connectivity index (χ1v) is 8.00. The van der Waals surface area contributed by atoms with Crippen molar-refractivity contribution < 1.29 is 9.53 Å². The highest BCUT2D eigenvalue weighted by Crippen LogP contribution is 2.24. The first-order chi connectivity index (χ1) is 10.7. The minimum absolute atomic E-state index is 0.0152. The molecular formula is C17H23ClN2O2. The molecule has 5 heteroatoms. The van der Waals surface area contributed by atoms with E-state index < -0.39 is 0 Å². The molecule has 22 heavy (non-hydrogen) atoms. The number of halogens is 1. The van der Waals surface area contributed by atoms with Crippen molar-refractivity contribution in [3.05, 3.63) is 40.9 Å². The summed E-state index contributed by atoms with van der Waals surface area (Å²) in [5.41, 5.74) is 0.578. The Morgan fingerprint density at radius 1 is 1.32 bits per heavy atom. The van der Waals surface area contributed by atoms with Crippen LogP contribution in [-0.4, -0.2) is 55.5 Å². The molecule has 1 aromatic carbocycles. The summed E-state index contributed by atoms with van der Waals surface area (Å²) < 4.78 is 5.29. The normalized spacial score (nSPS) is 16.8. The van der Waals surface area contributed by atoms with Gasteiger partial charge in [-0.1, -0.05) is 23.8 Å². The van der Waals surface area contributed by atoms with Crippen molar-refractivity contribution in [3.8, 4) is 5.75 Å². The average molecular weight is 323 g/mol. The zero-order valence-electron chi connectivity index (χ0n) is 13.2. The molecule has 120 valence electrons. The highest BCUT2D eigenvalue weighted by Gasteiger charge is 2.22. The van der Waals surface area contributed by atoms with Crippen molar-refractivity contribution in [2.24, 2.45) is 0 Å². The molecule has 1 aliphatic heterocycles. The summed E-state index contributed by atoms with van der Waals surface area (Å²) in [4.78, 5) is 17.0. The summed E-state index contributed by atoms with van der Waals surface area (Å²) in [6.45, 7) is 6.40. The number of amides is 1. The van der Waals surface area contributed by atoms with E-state index in [4.69, 9.17) is 16.3 Å². The molecule has 0 aliphatic carbocycles. The molecule has 1 heterocycles. The topological polar surface area (TPSA) is 32.8 Å². The van der Waals surface area contributed by atoms with Gasteiger partial charge in [-0.2, -0.15) is 0 Å². The smallest absolute Gasteiger partial charge is 0.257 e. The molecule has 0 unspecified atom stereocenters. The third-order valence-corrected chi connectivity index (χ3v) is 4.10. The van der Waals surface area contributed by atoms with Gasteiger partial charge in [-0.05, 0) is 31.5 Å². The molecule has 1 fully saturated rings. The number of ether oxygens (including phenoxy) is 1. The maximum atomic E-state index is 12.7. The summed E-state index contributed by atoms with van der Waals surface area (Å²) in [7, 11) is 1.56. The fourth-order valence-electron chi connectivity index (χ4n) is 2.62. The average Bonchev–Trinajstić information content (AvgIpc) is 2.77. The van der Waals surface area contributed by atoms with Gasteiger partial charge >= 0.3 is 0 Å². The molecule has 0 N–H and O–H groups in total. The van der Waals surface area contributed by atoms with Gasteiger partial charge < -0.3 is 9.64 Å². The molecule has 0 spiro atoms. The lowest BCUT2D eigenvalue weighted by molar-refractivity contribution is 0.0758. The fourth-order valence-corrected chi connectivity index (χ4v) is 2.79. The minimum atomic E-state index is 0.0152. The zero-order valence-corrected chi connectivity index (χ0v) is 14.0. The van der Waals surface area contributed by atoms with Crippen LogP contribution in [0.15, 0.2) is 30.4 Å². The van der Waals surface area contributed by atoms with Crippen LogP contribution in [-0.2, 0) is 0 Å². The predicted octanol–water partition coefficient (Wildman–Crippen LogP) is 3.07. The van der Waals surface area contributed by atoms with E-state index in [-0.39, 0.29) is 5.91 Å². The molecule has 0 bridgehead atoms. The lowest BCUT2D eigenvalue weighted by Gasteiger charge is -2.22. The number of nitrogens with zero attached hydrogens (tertiary/aromatic N) is 2. The highest BCUT2D eigenvalue weighted by atomic mass is 35.5. The van der Waals surface area contributed by atoms with Crippen molar-refractivity contribution in [2.45, 2.75) is 13.3 Å². The number of allylic oxidation sites excluding steroid dienone is 1. The van der Waals surface area contributed by atoms with Gasteiger partial charge in [0.05, 0.1) is 12.7 Å². The van der Waals surface area contributed by atoms with E-state index in [2.05, 4.69) is 17.1 Å². The molecule has 1 saturated heterocycles. The van der Waals surface area contributed by atoms with Crippen molar-refractivity contribution in [3.63, 3.8) is 0 Å². The van der Waals surface area contributed by atoms with Gasteiger partial charge in [0.15, 0.2) is 0 Å². The van der Waals surface area contributed by atoms with Gasteiger partial charge in [-0.25, -0.2) is 0 Å². The molecule has 2 rings (SSSR count). The Balaban J connectivity index is 2.07. The molecule has 0 radical (unpaired) electrons. The zero-order chi connectivity index (χ0) is 15.9. The number of hydrogen-bond donors (Lipinski definition) is 0. The van der Waals surface area contributed by atoms with Crippen molar-refractivity contribution >= 4 is 17.5 Å². The summed E-state index contributed by atoms with van der Waals surface area (Å²) in [6.07, 6.45) is 5.20. The number of carbonyl (C=O) groups excluding carboxylic acids is 1. The molecule has 0 atom stereocenters. The number of carbonyl (C=O) groups is 1. The molecule has 1 aromatic rings. The number of methoxy groups -OCH3 is 1. The van der Waals surface area contributed by atoms with E-state index >= 15 is 0 Å². The fraction of sp³-hybridized carbons (Fsp3) is 0.471. The lowest BCUT2D eigenvalue weighted by Crippen LogP contribution is -2.35. The van der Waals surface area contributed by atoms with Gasteiger partial charge in [0.25, 0.3) is 5.91 Å². The lowest BCUT2D eigenvalue weighted by atomic mass is 10.1. The number of benzene rings is 1. The van der Waals surface area contributed by atoms with Gasteiger partial charge in [-0.3, -0.25) is 9.69 Å². The maximum Gasteiger partial charge on any atom is 0.257 e. The van der Waals surface area contributed by atoms with E-state index in [9.17, 15) is 4.79 Å². The third-order valence-electron chi connectivity index (χ3n) is 3.87. The monoisotopic (exact) mass is 322 g/mol. The third kappa shape index (κ3) is 4.24. The van der Waals surface area contributed by atoms with E-state index in [1.165, 1.54) is 0 Å². The van der Waals surface area contributed by atoms with Crippen LogP contribution in [0, 0.1) is 0 Å². The summed E-state index contributed by atoms with van der Waals surface area (Å²) in [5, 5.41) is 0.571. The largest absolute Gasteiger partial charge is 0.496 e. The molecule has 4 nitrogen and oxygen atoms in total. The van der Waals surface area contributed by atoms with Crippen LogP contribution in [0.2, 0.25) is 5.02 Å². The van der Waals surface area contributed by atoms with E-state index in [1.807, 2.05) is 11.8 Å². The molecule has 0 saturated carbocycles. The van der Waals surface area contributed by atoms with E-state index in [1.54, 1.807) is 25.3 Å². The first kappa shape index (κ1) is 16.8. The van der Waals surface area contributed by atoms with Crippen LogP contribution in [0.1, 0.15) is 23.7 Å². The Hall–Kier alpha value is -1.52. The van der Waals surface area contributed by atoms with Crippen LogP contribution in [0.3, 0.4) is 0 Å². The second kappa shape index (κ2) is 8.20. The van der Waals surface area contributed by atoms with E-state index in [0.717, 1.165) is 39.1 Å².